The fourth-order valence-electron chi connectivity index (χ4n) is 3.77. The Bertz CT molecular complexity index is 906. The number of hydrogen-bond donors (Lipinski definition) is 0. The van der Waals surface area contributed by atoms with Crippen molar-refractivity contribution in [3.8, 4) is 5.75 Å². The van der Waals surface area contributed by atoms with E-state index in [2.05, 4.69) is 79.4 Å². The van der Waals surface area contributed by atoms with Crippen molar-refractivity contribution in [2.75, 3.05) is 13.2 Å². The molecular formula is C24H34BrN3O2. The van der Waals surface area contributed by atoms with Crippen molar-refractivity contribution < 1.29 is 9.53 Å². The van der Waals surface area contributed by atoms with E-state index in [0.29, 0.717) is 26.0 Å². The minimum absolute atomic E-state index is 0.0313. The zero-order valence-electron chi connectivity index (χ0n) is 19.1. The van der Waals surface area contributed by atoms with Crippen LogP contribution in [-0.2, 0) is 28.7 Å². The normalized spacial score (nSPS) is 14.6. The molecule has 0 saturated heterocycles. The van der Waals surface area contributed by atoms with E-state index in [1.807, 2.05) is 17.2 Å². The van der Waals surface area contributed by atoms with Crippen molar-refractivity contribution in [2.24, 2.45) is 0 Å². The Hall–Kier alpha value is -1.82. The second kappa shape index (κ2) is 8.74. The van der Waals surface area contributed by atoms with E-state index in [1.165, 1.54) is 16.8 Å². The third-order valence-corrected chi connectivity index (χ3v) is 6.13. The molecule has 6 heteroatoms. The zero-order chi connectivity index (χ0) is 22.1. The van der Waals surface area contributed by atoms with E-state index < -0.39 is 0 Å². The molecule has 2 heterocycles. The van der Waals surface area contributed by atoms with Gasteiger partial charge in [-0.05, 0) is 66.2 Å². The van der Waals surface area contributed by atoms with E-state index in [1.54, 1.807) is 0 Å². The molecule has 0 spiro atoms. The predicted octanol–water partition coefficient (Wildman–Crippen LogP) is 5.44. The number of nitrogens with zero attached hydrogens (tertiary/aromatic N) is 3. The van der Waals surface area contributed by atoms with Gasteiger partial charge in [-0.15, -0.1) is 0 Å². The smallest absolute Gasteiger partial charge is 0.223 e. The topological polar surface area (TPSA) is 47.4 Å². The van der Waals surface area contributed by atoms with E-state index >= 15 is 0 Å². The van der Waals surface area contributed by atoms with Crippen LogP contribution < -0.4 is 4.74 Å². The third kappa shape index (κ3) is 5.26. The Morgan fingerprint density at radius 1 is 1.20 bits per heavy atom. The number of ether oxygens (including phenoxy) is 1. The Kier molecular flexibility index (Phi) is 6.66. The average molecular weight is 476 g/mol. The van der Waals surface area contributed by atoms with Gasteiger partial charge in [0.05, 0.1) is 22.8 Å². The van der Waals surface area contributed by atoms with Gasteiger partial charge in [0.2, 0.25) is 5.91 Å². The highest BCUT2D eigenvalue weighted by Crippen LogP contribution is 2.31. The molecular weight excluding hydrogens is 442 g/mol. The first-order chi connectivity index (χ1) is 14.0. The van der Waals surface area contributed by atoms with Crippen molar-refractivity contribution in [1.82, 2.24) is 14.7 Å². The van der Waals surface area contributed by atoms with Crippen LogP contribution in [0.15, 0.2) is 28.9 Å². The molecule has 30 heavy (non-hydrogen) atoms. The molecule has 1 aliphatic heterocycles. The van der Waals surface area contributed by atoms with Gasteiger partial charge in [0.15, 0.2) is 0 Å². The van der Waals surface area contributed by atoms with E-state index in [9.17, 15) is 4.79 Å². The molecule has 0 N–H and O–H groups in total. The highest BCUT2D eigenvalue weighted by molar-refractivity contribution is 9.10. The molecule has 1 aromatic carbocycles. The molecule has 0 fully saturated rings. The van der Waals surface area contributed by atoms with Crippen molar-refractivity contribution in [2.45, 2.75) is 78.3 Å². The summed E-state index contributed by atoms with van der Waals surface area (Å²) in [7, 11) is 0. The van der Waals surface area contributed by atoms with E-state index in [-0.39, 0.29) is 16.9 Å². The van der Waals surface area contributed by atoms with Crippen molar-refractivity contribution in [3.63, 3.8) is 0 Å². The lowest BCUT2D eigenvalue weighted by atomic mass is 9.87. The lowest BCUT2D eigenvalue weighted by Gasteiger charge is -2.30. The van der Waals surface area contributed by atoms with Crippen LogP contribution in [0, 0.1) is 0 Å². The van der Waals surface area contributed by atoms with Crippen LogP contribution in [-0.4, -0.2) is 33.7 Å². The largest absolute Gasteiger partial charge is 0.492 e. The van der Waals surface area contributed by atoms with Crippen LogP contribution in [0.4, 0.5) is 0 Å². The summed E-state index contributed by atoms with van der Waals surface area (Å²) in [6.07, 6.45) is 3.99. The minimum Gasteiger partial charge on any atom is -0.492 e. The van der Waals surface area contributed by atoms with Gasteiger partial charge in [-0.3, -0.25) is 9.48 Å². The maximum atomic E-state index is 12.7. The lowest BCUT2D eigenvalue weighted by Crippen LogP contribution is -2.37. The number of aromatic nitrogens is 2. The second-order valence-corrected chi connectivity index (χ2v) is 11.0. The second-order valence-electron chi connectivity index (χ2n) is 10.1. The van der Waals surface area contributed by atoms with Crippen LogP contribution in [0.2, 0.25) is 0 Å². The summed E-state index contributed by atoms with van der Waals surface area (Å²) in [5.41, 5.74) is 3.76. The van der Waals surface area contributed by atoms with Gasteiger partial charge < -0.3 is 9.64 Å². The third-order valence-electron chi connectivity index (χ3n) is 5.51. The molecule has 0 saturated carbocycles. The Morgan fingerprint density at radius 3 is 2.57 bits per heavy atom. The maximum Gasteiger partial charge on any atom is 0.223 e. The van der Waals surface area contributed by atoms with Crippen LogP contribution in [0.5, 0.6) is 5.75 Å². The molecule has 0 bridgehead atoms. The summed E-state index contributed by atoms with van der Waals surface area (Å²) in [6, 6.07) is 6.23. The first-order valence-electron chi connectivity index (χ1n) is 10.7. The molecule has 5 nitrogen and oxygen atoms in total. The monoisotopic (exact) mass is 475 g/mol. The molecule has 164 valence electrons. The number of carbonyl (C=O) groups is 1. The first-order valence-corrected chi connectivity index (χ1v) is 11.5. The Labute approximate surface area is 188 Å². The number of amides is 1. The Balaban J connectivity index is 1.48. The zero-order valence-corrected chi connectivity index (χ0v) is 20.7. The van der Waals surface area contributed by atoms with Gasteiger partial charge in [0, 0.05) is 37.2 Å². The molecule has 0 radical (unpaired) electrons. The summed E-state index contributed by atoms with van der Waals surface area (Å²) in [5.74, 6) is 1.02. The van der Waals surface area contributed by atoms with Gasteiger partial charge in [0.25, 0.3) is 0 Å². The number of fused-ring (bicyclic) bond motifs is 1. The molecule has 0 unspecified atom stereocenters. The number of hydrogen-bond acceptors (Lipinski definition) is 3. The fraction of sp³-hybridized carbons (Fsp3) is 0.583. The Morgan fingerprint density at radius 2 is 1.93 bits per heavy atom. The van der Waals surface area contributed by atoms with Crippen molar-refractivity contribution in [3.05, 3.63) is 45.7 Å². The van der Waals surface area contributed by atoms with Crippen LogP contribution in [0.1, 0.15) is 71.2 Å². The summed E-state index contributed by atoms with van der Waals surface area (Å²) in [4.78, 5) is 14.6. The van der Waals surface area contributed by atoms with Crippen molar-refractivity contribution in [1.29, 1.82) is 0 Å². The quantitative estimate of drug-likeness (QED) is 0.540. The molecule has 2 aromatic rings. The first kappa shape index (κ1) is 22.9. The van der Waals surface area contributed by atoms with Gasteiger partial charge in [-0.1, -0.05) is 26.8 Å². The number of halogens is 1. The highest BCUT2D eigenvalue weighted by Gasteiger charge is 2.27. The summed E-state index contributed by atoms with van der Waals surface area (Å²) in [5, 5.41) is 4.56. The summed E-state index contributed by atoms with van der Waals surface area (Å²) < 4.78 is 8.97. The summed E-state index contributed by atoms with van der Waals surface area (Å²) in [6.45, 7) is 15.0. The highest BCUT2D eigenvalue weighted by atomic mass is 79.9. The van der Waals surface area contributed by atoms with Gasteiger partial charge >= 0.3 is 0 Å². The van der Waals surface area contributed by atoms with E-state index in [4.69, 9.17) is 4.74 Å². The summed E-state index contributed by atoms with van der Waals surface area (Å²) >= 11 is 3.61. The lowest BCUT2D eigenvalue weighted by molar-refractivity contribution is -0.132. The molecule has 0 aliphatic carbocycles. The number of rotatable bonds is 5. The standard InChI is InChI=1S/C24H34BrN3O2/c1-23(2,3)18-9-10-21(19(25)14-18)30-13-7-8-22(29)27-12-11-20-17(16-27)15-26-28(20)24(4,5)6/h9-10,14-15H,7-8,11-13,16H2,1-6H3. The molecule has 1 aromatic heterocycles. The molecule has 0 atom stereocenters. The average Bonchev–Trinajstić information content (AvgIpc) is 3.08. The van der Waals surface area contributed by atoms with Crippen LogP contribution >= 0.6 is 15.9 Å². The minimum atomic E-state index is -0.0313. The number of benzene rings is 1. The number of carbonyl (C=O) groups excluding carboxylic acids is 1. The van der Waals surface area contributed by atoms with Gasteiger partial charge in [-0.25, -0.2) is 0 Å². The maximum absolute atomic E-state index is 12.7. The SMILES string of the molecule is CC(C)(C)c1ccc(OCCCC(=O)N2CCc3c(cnn3C(C)(C)C)C2)c(Br)c1. The van der Waals surface area contributed by atoms with Crippen molar-refractivity contribution >= 4 is 21.8 Å². The molecule has 1 aliphatic rings. The predicted molar refractivity (Wildman–Crippen MR) is 124 cm³/mol. The van der Waals surface area contributed by atoms with E-state index in [0.717, 1.165) is 23.2 Å². The molecule has 3 rings (SSSR count). The van der Waals surface area contributed by atoms with Gasteiger partial charge in [0.1, 0.15) is 5.75 Å². The van der Waals surface area contributed by atoms with Crippen LogP contribution in [0.25, 0.3) is 0 Å². The molecule has 1 amide bonds. The fourth-order valence-corrected chi connectivity index (χ4v) is 4.26. The van der Waals surface area contributed by atoms with Crippen LogP contribution in [0.3, 0.4) is 0 Å². The van der Waals surface area contributed by atoms with Gasteiger partial charge in [-0.2, -0.15) is 5.10 Å².